The van der Waals surface area contributed by atoms with Crippen LogP contribution in [0.25, 0.3) is 0 Å². The van der Waals surface area contributed by atoms with Crippen LogP contribution >= 0.6 is 15.9 Å². The van der Waals surface area contributed by atoms with Crippen LogP contribution in [0.15, 0.2) is 46.9 Å². The summed E-state index contributed by atoms with van der Waals surface area (Å²) in [5, 5.41) is 0. The van der Waals surface area contributed by atoms with E-state index in [4.69, 9.17) is 9.47 Å². The molecule has 4 heteroatoms. The molecule has 0 amide bonds. The Morgan fingerprint density at radius 3 is 2.65 bits per heavy atom. The number of methoxy groups -OCH3 is 1. The number of ether oxygens (including phenoxy) is 2. The van der Waals surface area contributed by atoms with Gasteiger partial charge >= 0.3 is 0 Å². The van der Waals surface area contributed by atoms with E-state index in [0.717, 1.165) is 4.47 Å². The number of ketones is 1. The summed E-state index contributed by atoms with van der Waals surface area (Å²) >= 11 is 3.40. The molecule has 0 aliphatic rings. The molecular weight excluding hydrogens is 320 g/mol. The zero-order chi connectivity index (χ0) is 14.5. The van der Waals surface area contributed by atoms with Gasteiger partial charge in [0.15, 0.2) is 5.78 Å². The Bertz CT molecular complexity index is 623. The molecule has 0 spiro atoms. The highest BCUT2D eigenvalue weighted by Gasteiger charge is 2.14. The maximum atomic E-state index is 12.6. The van der Waals surface area contributed by atoms with Crippen LogP contribution in [0.1, 0.15) is 22.8 Å². The van der Waals surface area contributed by atoms with Crippen LogP contribution in [-0.4, -0.2) is 19.5 Å². The van der Waals surface area contributed by atoms with E-state index >= 15 is 0 Å². The number of carbonyl (C=O) groups excluding carboxylic acids is 1. The summed E-state index contributed by atoms with van der Waals surface area (Å²) in [4.78, 5) is 12.6. The minimum atomic E-state index is -0.0719. The molecule has 0 heterocycles. The van der Waals surface area contributed by atoms with Crippen molar-refractivity contribution in [2.75, 3.05) is 13.7 Å². The van der Waals surface area contributed by atoms with Gasteiger partial charge in [0.25, 0.3) is 0 Å². The van der Waals surface area contributed by atoms with Gasteiger partial charge in [0.05, 0.1) is 13.7 Å². The third-order valence-corrected chi connectivity index (χ3v) is 3.52. The summed E-state index contributed by atoms with van der Waals surface area (Å²) in [6.07, 6.45) is 0. The molecule has 0 aliphatic carbocycles. The standard InChI is InChI=1S/C16H15BrO3/c1-3-20-13-6-4-5-11(9-13)16(18)14-10-12(19-2)7-8-15(14)17/h4-10H,3H2,1-2H3. The summed E-state index contributed by atoms with van der Waals surface area (Å²) in [7, 11) is 1.58. The van der Waals surface area contributed by atoms with Crippen molar-refractivity contribution in [2.24, 2.45) is 0 Å². The van der Waals surface area contributed by atoms with Crippen molar-refractivity contribution >= 4 is 21.7 Å². The van der Waals surface area contributed by atoms with Gasteiger partial charge in [-0.2, -0.15) is 0 Å². The molecule has 2 aromatic rings. The quantitative estimate of drug-likeness (QED) is 0.772. The molecule has 0 radical (unpaired) electrons. The molecule has 2 aromatic carbocycles. The van der Waals surface area contributed by atoms with E-state index in [2.05, 4.69) is 15.9 Å². The van der Waals surface area contributed by atoms with Gasteiger partial charge in [0.2, 0.25) is 0 Å². The first-order valence-electron chi connectivity index (χ1n) is 6.26. The molecule has 0 saturated carbocycles. The van der Waals surface area contributed by atoms with E-state index in [1.807, 2.05) is 19.1 Å². The maximum Gasteiger partial charge on any atom is 0.194 e. The molecule has 0 bridgehead atoms. The highest BCUT2D eigenvalue weighted by molar-refractivity contribution is 9.10. The van der Waals surface area contributed by atoms with Crippen LogP contribution in [0.2, 0.25) is 0 Å². The van der Waals surface area contributed by atoms with Gasteiger partial charge in [-0.1, -0.05) is 28.1 Å². The van der Waals surface area contributed by atoms with E-state index in [1.54, 1.807) is 37.4 Å². The molecule has 3 nitrogen and oxygen atoms in total. The normalized spacial score (nSPS) is 10.2. The van der Waals surface area contributed by atoms with E-state index in [-0.39, 0.29) is 5.78 Å². The molecule has 0 saturated heterocycles. The number of rotatable bonds is 5. The van der Waals surface area contributed by atoms with Crippen molar-refractivity contribution in [3.63, 3.8) is 0 Å². The fourth-order valence-electron chi connectivity index (χ4n) is 1.85. The predicted molar refractivity (Wildman–Crippen MR) is 81.7 cm³/mol. The molecule has 0 fully saturated rings. The zero-order valence-electron chi connectivity index (χ0n) is 11.4. The van der Waals surface area contributed by atoms with E-state index in [0.29, 0.717) is 29.2 Å². The van der Waals surface area contributed by atoms with Crippen molar-refractivity contribution in [1.82, 2.24) is 0 Å². The molecular formula is C16H15BrO3. The predicted octanol–water partition coefficient (Wildman–Crippen LogP) is 4.09. The first-order valence-corrected chi connectivity index (χ1v) is 7.06. The van der Waals surface area contributed by atoms with Crippen molar-refractivity contribution < 1.29 is 14.3 Å². The van der Waals surface area contributed by atoms with Crippen LogP contribution in [0.3, 0.4) is 0 Å². The third-order valence-electron chi connectivity index (χ3n) is 2.83. The summed E-state index contributed by atoms with van der Waals surface area (Å²) < 4.78 is 11.3. The molecule has 0 aliphatic heterocycles. The Morgan fingerprint density at radius 1 is 1.15 bits per heavy atom. The summed E-state index contributed by atoms with van der Waals surface area (Å²) in [5.41, 5.74) is 1.16. The van der Waals surface area contributed by atoms with Crippen molar-refractivity contribution in [3.8, 4) is 11.5 Å². The maximum absolute atomic E-state index is 12.6. The smallest absolute Gasteiger partial charge is 0.194 e. The van der Waals surface area contributed by atoms with Gasteiger partial charge in [-0.3, -0.25) is 4.79 Å². The molecule has 0 unspecified atom stereocenters. The Labute approximate surface area is 126 Å². The molecule has 0 atom stereocenters. The van der Waals surface area contributed by atoms with E-state index in [9.17, 15) is 4.79 Å². The largest absolute Gasteiger partial charge is 0.497 e. The van der Waals surface area contributed by atoms with Gasteiger partial charge < -0.3 is 9.47 Å². The van der Waals surface area contributed by atoms with Gasteiger partial charge in [-0.15, -0.1) is 0 Å². The second kappa shape index (κ2) is 6.57. The van der Waals surface area contributed by atoms with Crippen LogP contribution in [0.5, 0.6) is 11.5 Å². The van der Waals surface area contributed by atoms with Crippen molar-refractivity contribution in [3.05, 3.63) is 58.1 Å². The van der Waals surface area contributed by atoms with E-state index in [1.165, 1.54) is 0 Å². The van der Waals surface area contributed by atoms with Crippen molar-refractivity contribution in [2.45, 2.75) is 6.92 Å². The minimum absolute atomic E-state index is 0.0719. The highest BCUT2D eigenvalue weighted by atomic mass is 79.9. The number of hydrogen-bond donors (Lipinski definition) is 0. The lowest BCUT2D eigenvalue weighted by Gasteiger charge is -2.08. The topological polar surface area (TPSA) is 35.5 Å². The molecule has 0 aromatic heterocycles. The number of halogens is 1. The summed E-state index contributed by atoms with van der Waals surface area (Å²) in [6, 6.07) is 12.5. The molecule has 2 rings (SSSR count). The number of hydrogen-bond acceptors (Lipinski definition) is 3. The second-order valence-corrected chi connectivity index (χ2v) is 4.99. The van der Waals surface area contributed by atoms with Gasteiger partial charge in [-0.25, -0.2) is 0 Å². The third kappa shape index (κ3) is 3.20. The van der Waals surface area contributed by atoms with Crippen LogP contribution < -0.4 is 9.47 Å². The molecule has 20 heavy (non-hydrogen) atoms. The lowest BCUT2D eigenvalue weighted by Crippen LogP contribution is -2.03. The van der Waals surface area contributed by atoms with Crippen LogP contribution in [0.4, 0.5) is 0 Å². The first-order chi connectivity index (χ1) is 9.65. The Kier molecular flexibility index (Phi) is 4.79. The average molecular weight is 335 g/mol. The van der Waals surface area contributed by atoms with Crippen LogP contribution in [-0.2, 0) is 0 Å². The monoisotopic (exact) mass is 334 g/mol. The lowest BCUT2D eigenvalue weighted by molar-refractivity contribution is 0.103. The SMILES string of the molecule is CCOc1cccc(C(=O)c2cc(OC)ccc2Br)c1. The number of carbonyl (C=O) groups is 1. The zero-order valence-corrected chi connectivity index (χ0v) is 12.9. The van der Waals surface area contributed by atoms with E-state index < -0.39 is 0 Å². The lowest BCUT2D eigenvalue weighted by atomic mass is 10.0. The Morgan fingerprint density at radius 2 is 1.95 bits per heavy atom. The summed E-state index contributed by atoms with van der Waals surface area (Å²) in [6.45, 7) is 2.48. The molecule has 0 N–H and O–H groups in total. The average Bonchev–Trinajstić information content (AvgIpc) is 2.48. The minimum Gasteiger partial charge on any atom is -0.497 e. The molecule has 104 valence electrons. The highest BCUT2D eigenvalue weighted by Crippen LogP contribution is 2.26. The second-order valence-electron chi connectivity index (χ2n) is 4.14. The fraction of sp³-hybridized carbons (Fsp3) is 0.188. The van der Waals surface area contributed by atoms with Crippen LogP contribution in [0, 0.1) is 0 Å². The fourth-order valence-corrected chi connectivity index (χ4v) is 2.28. The Hall–Kier alpha value is -1.81. The van der Waals surface area contributed by atoms with Crippen molar-refractivity contribution in [1.29, 1.82) is 0 Å². The first kappa shape index (κ1) is 14.6. The Balaban J connectivity index is 2.38. The van der Waals surface area contributed by atoms with Gasteiger partial charge in [-0.05, 0) is 37.3 Å². The summed E-state index contributed by atoms with van der Waals surface area (Å²) in [5.74, 6) is 1.27. The van der Waals surface area contributed by atoms with Gasteiger partial charge in [0, 0.05) is 15.6 Å². The van der Waals surface area contributed by atoms with Gasteiger partial charge in [0.1, 0.15) is 11.5 Å². The number of benzene rings is 2.